The molecule has 1 atom stereocenters. The maximum Gasteiger partial charge on any atom is 0.183 e. The summed E-state index contributed by atoms with van der Waals surface area (Å²) in [5.41, 5.74) is 2.66. The third-order valence-electron chi connectivity index (χ3n) is 3.67. The first-order valence-electron chi connectivity index (χ1n) is 7.90. The van der Waals surface area contributed by atoms with Crippen molar-refractivity contribution >= 4 is 16.5 Å². The molecule has 0 bridgehead atoms. The van der Waals surface area contributed by atoms with E-state index in [2.05, 4.69) is 63.3 Å². The maximum atomic E-state index is 4.79. The van der Waals surface area contributed by atoms with Crippen molar-refractivity contribution in [2.75, 3.05) is 11.9 Å². The first-order valence-corrected chi connectivity index (χ1v) is 8.71. The summed E-state index contributed by atoms with van der Waals surface area (Å²) in [6.07, 6.45) is 2.24. The fourth-order valence-electron chi connectivity index (χ4n) is 2.45. The van der Waals surface area contributed by atoms with Crippen LogP contribution in [0.5, 0.6) is 0 Å². The first kappa shape index (κ1) is 16.0. The predicted molar refractivity (Wildman–Crippen MR) is 93.5 cm³/mol. The Morgan fingerprint density at radius 1 is 1.14 bits per heavy atom. The van der Waals surface area contributed by atoms with Crippen LogP contribution in [-0.4, -0.2) is 11.5 Å². The molecule has 1 heterocycles. The van der Waals surface area contributed by atoms with Gasteiger partial charge in [-0.2, -0.15) is 0 Å². The SMILES string of the molecule is CCCc1nc(NCC(C)c2ccccc2)sc1C(C)C. The highest BCUT2D eigenvalue weighted by atomic mass is 32.1. The number of anilines is 1. The van der Waals surface area contributed by atoms with Gasteiger partial charge in [-0.3, -0.25) is 0 Å². The van der Waals surface area contributed by atoms with E-state index in [0.717, 1.165) is 24.5 Å². The fraction of sp³-hybridized carbons (Fsp3) is 0.500. The third kappa shape index (κ3) is 4.31. The van der Waals surface area contributed by atoms with E-state index in [4.69, 9.17) is 4.98 Å². The van der Waals surface area contributed by atoms with Crippen molar-refractivity contribution in [1.82, 2.24) is 4.98 Å². The van der Waals surface area contributed by atoms with Crippen LogP contribution in [0.25, 0.3) is 0 Å². The summed E-state index contributed by atoms with van der Waals surface area (Å²) in [6, 6.07) is 10.7. The lowest BCUT2D eigenvalue weighted by atomic mass is 10.0. The molecular formula is C18H26N2S. The molecule has 1 aromatic carbocycles. The van der Waals surface area contributed by atoms with E-state index in [1.165, 1.54) is 16.1 Å². The van der Waals surface area contributed by atoms with Crippen LogP contribution in [0.1, 0.15) is 62.1 Å². The molecule has 21 heavy (non-hydrogen) atoms. The first-order chi connectivity index (χ1) is 10.1. The molecule has 2 aromatic rings. The highest BCUT2D eigenvalue weighted by molar-refractivity contribution is 7.15. The summed E-state index contributed by atoms with van der Waals surface area (Å²) in [4.78, 5) is 6.23. The van der Waals surface area contributed by atoms with Gasteiger partial charge in [0.1, 0.15) is 0 Å². The van der Waals surface area contributed by atoms with Crippen LogP contribution in [0.15, 0.2) is 30.3 Å². The number of benzene rings is 1. The number of nitrogens with zero attached hydrogens (tertiary/aromatic N) is 1. The van der Waals surface area contributed by atoms with E-state index in [0.29, 0.717) is 11.8 Å². The smallest absolute Gasteiger partial charge is 0.183 e. The Hall–Kier alpha value is -1.35. The molecule has 0 fully saturated rings. The molecule has 0 amide bonds. The van der Waals surface area contributed by atoms with Gasteiger partial charge in [0.25, 0.3) is 0 Å². The second-order valence-electron chi connectivity index (χ2n) is 5.93. The van der Waals surface area contributed by atoms with Crippen molar-refractivity contribution in [1.29, 1.82) is 0 Å². The van der Waals surface area contributed by atoms with Gasteiger partial charge in [0.2, 0.25) is 0 Å². The minimum atomic E-state index is 0.493. The number of aryl methyl sites for hydroxylation is 1. The number of aromatic nitrogens is 1. The monoisotopic (exact) mass is 302 g/mol. The molecule has 0 saturated heterocycles. The number of thiazole rings is 1. The van der Waals surface area contributed by atoms with E-state index in [1.54, 1.807) is 0 Å². The molecule has 0 aliphatic carbocycles. The molecule has 3 heteroatoms. The molecule has 0 saturated carbocycles. The highest BCUT2D eigenvalue weighted by Crippen LogP contribution is 2.31. The topological polar surface area (TPSA) is 24.9 Å². The van der Waals surface area contributed by atoms with Crippen LogP contribution in [0, 0.1) is 0 Å². The van der Waals surface area contributed by atoms with Gasteiger partial charge in [-0.15, -0.1) is 11.3 Å². The Bertz CT molecular complexity index is 546. The largest absolute Gasteiger partial charge is 0.361 e. The summed E-state index contributed by atoms with van der Waals surface area (Å²) in [7, 11) is 0. The average molecular weight is 302 g/mol. The maximum absolute atomic E-state index is 4.79. The molecule has 0 spiro atoms. The van der Waals surface area contributed by atoms with Gasteiger partial charge in [0.15, 0.2) is 5.13 Å². The average Bonchev–Trinajstić information content (AvgIpc) is 2.89. The van der Waals surface area contributed by atoms with Gasteiger partial charge in [-0.05, 0) is 23.8 Å². The number of nitrogens with one attached hydrogen (secondary N) is 1. The standard InChI is InChI=1S/C18H26N2S/c1-5-9-16-17(13(2)3)21-18(20-16)19-12-14(4)15-10-7-6-8-11-15/h6-8,10-11,13-14H,5,9,12H2,1-4H3,(H,19,20). The fourth-order valence-corrected chi connectivity index (χ4v) is 3.47. The summed E-state index contributed by atoms with van der Waals surface area (Å²) in [5.74, 6) is 1.05. The molecule has 2 nitrogen and oxygen atoms in total. The quantitative estimate of drug-likeness (QED) is 0.737. The molecular weight excluding hydrogens is 276 g/mol. The Morgan fingerprint density at radius 3 is 2.48 bits per heavy atom. The van der Waals surface area contributed by atoms with Crippen LogP contribution < -0.4 is 5.32 Å². The Balaban J connectivity index is 2.01. The number of hydrogen-bond donors (Lipinski definition) is 1. The van der Waals surface area contributed by atoms with Crippen molar-refractivity contribution < 1.29 is 0 Å². The van der Waals surface area contributed by atoms with Crippen molar-refractivity contribution in [3.63, 3.8) is 0 Å². The van der Waals surface area contributed by atoms with E-state index in [1.807, 2.05) is 11.3 Å². The van der Waals surface area contributed by atoms with Crippen molar-refractivity contribution in [3.05, 3.63) is 46.5 Å². The third-order valence-corrected chi connectivity index (χ3v) is 5.02. The van der Waals surface area contributed by atoms with Crippen molar-refractivity contribution in [2.24, 2.45) is 0 Å². The molecule has 0 radical (unpaired) electrons. The van der Waals surface area contributed by atoms with Crippen LogP contribution in [0.4, 0.5) is 5.13 Å². The summed E-state index contributed by atoms with van der Waals surface area (Å²) >= 11 is 1.82. The van der Waals surface area contributed by atoms with Gasteiger partial charge < -0.3 is 5.32 Å². The second-order valence-corrected chi connectivity index (χ2v) is 6.96. The number of hydrogen-bond acceptors (Lipinski definition) is 3. The second kappa shape index (κ2) is 7.60. The van der Waals surface area contributed by atoms with Crippen molar-refractivity contribution in [2.45, 2.75) is 52.4 Å². The lowest BCUT2D eigenvalue weighted by Crippen LogP contribution is -2.09. The van der Waals surface area contributed by atoms with Crippen LogP contribution in [-0.2, 0) is 6.42 Å². The number of rotatable bonds is 7. The molecule has 0 aliphatic rings. The van der Waals surface area contributed by atoms with Crippen LogP contribution >= 0.6 is 11.3 Å². The van der Waals surface area contributed by atoms with Gasteiger partial charge in [0, 0.05) is 11.4 Å². The predicted octanol–water partition coefficient (Wildman–Crippen LogP) is 5.43. The zero-order valence-electron chi connectivity index (χ0n) is 13.5. The molecule has 1 unspecified atom stereocenters. The lowest BCUT2D eigenvalue weighted by molar-refractivity contribution is 0.799. The summed E-state index contributed by atoms with van der Waals surface area (Å²) < 4.78 is 0. The Labute approximate surface area is 132 Å². The Morgan fingerprint density at radius 2 is 1.86 bits per heavy atom. The van der Waals surface area contributed by atoms with E-state index in [-0.39, 0.29) is 0 Å². The van der Waals surface area contributed by atoms with Crippen LogP contribution in [0.3, 0.4) is 0 Å². The summed E-state index contributed by atoms with van der Waals surface area (Å²) in [5, 5.41) is 4.60. The van der Waals surface area contributed by atoms with E-state index >= 15 is 0 Å². The minimum Gasteiger partial charge on any atom is -0.361 e. The lowest BCUT2D eigenvalue weighted by Gasteiger charge is -2.12. The normalized spacial score (nSPS) is 12.6. The molecule has 2 rings (SSSR count). The van der Waals surface area contributed by atoms with Gasteiger partial charge in [0.05, 0.1) is 5.69 Å². The van der Waals surface area contributed by atoms with E-state index < -0.39 is 0 Å². The van der Waals surface area contributed by atoms with Gasteiger partial charge in [-0.25, -0.2) is 4.98 Å². The Kier molecular flexibility index (Phi) is 5.80. The zero-order chi connectivity index (χ0) is 15.2. The zero-order valence-corrected chi connectivity index (χ0v) is 14.3. The van der Waals surface area contributed by atoms with Crippen molar-refractivity contribution in [3.8, 4) is 0 Å². The summed E-state index contributed by atoms with van der Waals surface area (Å²) in [6.45, 7) is 9.91. The van der Waals surface area contributed by atoms with Crippen LogP contribution in [0.2, 0.25) is 0 Å². The van der Waals surface area contributed by atoms with E-state index in [9.17, 15) is 0 Å². The van der Waals surface area contributed by atoms with Gasteiger partial charge in [-0.1, -0.05) is 64.4 Å². The minimum absolute atomic E-state index is 0.493. The molecule has 114 valence electrons. The molecule has 1 N–H and O–H groups in total. The molecule has 0 aliphatic heterocycles. The van der Waals surface area contributed by atoms with Gasteiger partial charge >= 0.3 is 0 Å². The highest BCUT2D eigenvalue weighted by Gasteiger charge is 2.14. The molecule has 1 aromatic heterocycles.